The van der Waals surface area contributed by atoms with Gasteiger partial charge in [0.25, 0.3) is 5.89 Å². The molecule has 3 aromatic rings. The summed E-state index contributed by atoms with van der Waals surface area (Å²) in [4.78, 5) is 4.46. The zero-order valence-corrected chi connectivity index (χ0v) is 12.8. The second kappa shape index (κ2) is 5.33. The van der Waals surface area contributed by atoms with Crippen LogP contribution in [-0.4, -0.2) is 19.9 Å². The molecule has 0 bridgehead atoms. The van der Waals surface area contributed by atoms with E-state index in [0.717, 1.165) is 17.0 Å². The van der Waals surface area contributed by atoms with Crippen molar-refractivity contribution in [1.82, 2.24) is 19.9 Å². The van der Waals surface area contributed by atoms with Gasteiger partial charge < -0.3 is 4.52 Å². The first-order chi connectivity index (χ1) is 10.1. The molecule has 0 saturated heterocycles. The highest BCUT2D eigenvalue weighted by molar-refractivity contribution is 6.31. The number of rotatable bonds is 3. The van der Waals surface area contributed by atoms with Crippen molar-refractivity contribution in [2.45, 2.75) is 26.8 Å². The highest BCUT2D eigenvalue weighted by atomic mass is 35.5. The maximum absolute atomic E-state index is 6.18. The lowest BCUT2D eigenvalue weighted by molar-refractivity contribution is 0.334. The van der Waals surface area contributed by atoms with E-state index in [9.17, 15) is 0 Å². The summed E-state index contributed by atoms with van der Waals surface area (Å²) in [5, 5.41) is 9.13. The quantitative estimate of drug-likeness (QED) is 0.738. The molecule has 5 nitrogen and oxygen atoms in total. The van der Waals surface area contributed by atoms with Gasteiger partial charge in [0.05, 0.1) is 16.4 Å². The van der Waals surface area contributed by atoms with E-state index >= 15 is 0 Å². The largest absolute Gasteiger partial charge is 0.337 e. The normalized spacial score (nSPS) is 12.6. The highest BCUT2D eigenvalue weighted by Crippen LogP contribution is 2.26. The lowest BCUT2D eigenvalue weighted by Gasteiger charge is -2.09. The molecule has 0 aliphatic carbocycles. The van der Waals surface area contributed by atoms with Crippen molar-refractivity contribution in [2.24, 2.45) is 0 Å². The Balaban J connectivity index is 1.94. The van der Waals surface area contributed by atoms with Crippen LogP contribution in [0.3, 0.4) is 0 Å². The molecule has 0 fully saturated rings. The molecular formula is C15H15ClN4O. The van der Waals surface area contributed by atoms with E-state index in [1.165, 1.54) is 0 Å². The van der Waals surface area contributed by atoms with Crippen LogP contribution in [0.1, 0.15) is 30.2 Å². The molecule has 21 heavy (non-hydrogen) atoms. The molecule has 0 spiro atoms. The molecule has 108 valence electrons. The topological polar surface area (TPSA) is 56.7 Å². The van der Waals surface area contributed by atoms with Gasteiger partial charge in [0.1, 0.15) is 6.04 Å². The molecular weight excluding hydrogens is 288 g/mol. The van der Waals surface area contributed by atoms with Crippen LogP contribution in [-0.2, 0) is 0 Å². The summed E-state index contributed by atoms with van der Waals surface area (Å²) in [6.45, 7) is 5.76. The van der Waals surface area contributed by atoms with Crippen LogP contribution in [0.4, 0.5) is 0 Å². The van der Waals surface area contributed by atoms with Gasteiger partial charge >= 0.3 is 0 Å². The number of nitrogens with zero attached hydrogens (tertiary/aromatic N) is 4. The molecule has 0 aliphatic rings. The van der Waals surface area contributed by atoms with Gasteiger partial charge in [-0.15, -0.1) is 0 Å². The predicted octanol–water partition coefficient (Wildman–Crippen LogP) is 3.81. The van der Waals surface area contributed by atoms with Crippen LogP contribution < -0.4 is 0 Å². The van der Waals surface area contributed by atoms with Gasteiger partial charge in [-0.2, -0.15) is 10.1 Å². The summed E-state index contributed by atoms with van der Waals surface area (Å²) in [7, 11) is 0. The molecule has 0 saturated carbocycles. The average Bonchev–Trinajstić information content (AvgIpc) is 3.09. The molecule has 1 atom stereocenters. The number of aryl methyl sites for hydroxylation is 1. The van der Waals surface area contributed by atoms with E-state index in [2.05, 4.69) is 15.2 Å². The van der Waals surface area contributed by atoms with E-state index < -0.39 is 0 Å². The molecule has 0 aliphatic heterocycles. The lowest BCUT2D eigenvalue weighted by Crippen LogP contribution is -2.10. The zero-order chi connectivity index (χ0) is 15.0. The van der Waals surface area contributed by atoms with Gasteiger partial charge in [-0.25, -0.2) is 0 Å². The molecule has 0 amide bonds. The molecule has 2 aromatic heterocycles. The van der Waals surface area contributed by atoms with E-state index in [1.54, 1.807) is 4.68 Å². The Morgan fingerprint density at radius 3 is 2.52 bits per heavy atom. The summed E-state index contributed by atoms with van der Waals surface area (Å²) in [5.41, 5.74) is 2.61. The SMILES string of the molecule is Cc1nn(C(C)c2nc(-c3ccccc3)no2)c(C)c1Cl. The van der Waals surface area contributed by atoms with Crippen LogP contribution in [0.5, 0.6) is 0 Å². The minimum Gasteiger partial charge on any atom is -0.337 e. The second-order valence-corrected chi connectivity index (χ2v) is 5.31. The molecule has 6 heteroatoms. The number of benzene rings is 1. The van der Waals surface area contributed by atoms with E-state index in [-0.39, 0.29) is 6.04 Å². The van der Waals surface area contributed by atoms with Crippen LogP contribution in [0.15, 0.2) is 34.9 Å². The third kappa shape index (κ3) is 2.45. The Hall–Kier alpha value is -2.14. The summed E-state index contributed by atoms with van der Waals surface area (Å²) in [5.74, 6) is 1.08. The van der Waals surface area contributed by atoms with Crippen molar-refractivity contribution >= 4 is 11.6 Å². The number of aromatic nitrogens is 4. The van der Waals surface area contributed by atoms with Crippen molar-refractivity contribution < 1.29 is 4.52 Å². The van der Waals surface area contributed by atoms with E-state index in [1.807, 2.05) is 51.1 Å². The van der Waals surface area contributed by atoms with Gasteiger partial charge in [-0.1, -0.05) is 47.1 Å². The van der Waals surface area contributed by atoms with Gasteiger partial charge in [0, 0.05) is 5.56 Å². The van der Waals surface area contributed by atoms with Gasteiger partial charge in [-0.05, 0) is 20.8 Å². The van der Waals surface area contributed by atoms with Crippen molar-refractivity contribution in [3.63, 3.8) is 0 Å². The molecule has 1 aromatic carbocycles. The Morgan fingerprint density at radius 2 is 1.90 bits per heavy atom. The summed E-state index contributed by atoms with van der Waals surface area (Å²) < 4.78 is 7.18. The third-order valence-corrected chi connectivity index (χ3v) is 3.98. The summed E-state index contributed by atoms with van der Waals surface area (Å²) in [6, 6.07) is 9.55. The highest BCUT2D eigenvalue weighted by Gasteiger charge is 2.21. The van der Waals surface area contributed by atoms with Gasteiger partial charge in [-0.3, -0.25) is 4.68 Å². The Kier molecular flexibility index (Phi) is 3.51. The first-order valence-electron chi connectivity index (χ1n) is 6.68. The first-order valence-corrected chi connectivity index (χ1v) is 7.06. The fourth-order valence-corrected chi connectivity index (χ4v) is 2.36. The van der Waals surface area contributed by atoms with Crippen LogP contribution in [0.2, 0.25) is 5.02 Å². The zero-order valence-electron chi connectivity index (χ0n) is 12.0. The molecule has 2 heterocycles. The maximum atomic E-state index is 6.18. The fraction of sp³-hybridized carbons (Fsp3) is 0.267. The first kappa shape index (κ1) is 13.8. The second-order valence-electron chi connectivity index (χ2n) is 4.93. The van der Waals surface area contributed by atoms with E-state index in [4.69, 9.17) is 16.1 Å². The maximum Gasteiger partial charge on any atom is 0.251 e. The lowest BCUT2D eigenvalue weighted by atomic mass is 10.2. The number of halogens is 1. The van der Waals surface area contributed by atoms with Gasteiger partial charge in [0.15, 0.2) is 0 Å². The minimum atomic E-state index is -0.166. The van der Waals surface area contributed by atoms with Crippen LogP contribution in [0, 0.1) is 13.8 Å². The van der Waals surface area contributed by atoms with Crippen molar-refractivity contribution in [1.29, 1.82) is 0 Å². The number of hydrogen-bond donors (Lipinski definition) is 0. The fourth-order valence-electron chi connectivity index (χ4n) is 2.23. The monoisotopic (exact) mass is 302 g/mol. The van der Waals surface area contributed by atoms with E-state index in [0.29, 0.717) is 16.7 Å². The van der Waals surface area contributed by atoms with Crippen molar-refractivity contribution in [3.8, 4) is 11.4 Å². The standard InChI is InChI=1S/C15H15ClN4O/c1-9-13(16)10(2)20(18-9)11(3)15-17-14(19-21-15)12-7-5-4-6-8-12/h4-8,11H,1-3H3. The van der Waals surface area contributed by atoms with Gasteiger partial charge in [0.2, 0.25) is 5.82 Å². The van der Waals surface area contributed by atoms with Crippen LogP contribution >= 0.6 is 11.6 Å². The molecule has 3 rings (SSSR count). The molecule has 0 radical (unpaired) electrons. The van der Waals surface area contributed by atoms with Crippen molar-refractivity contribution in [2.75, 3.05) is 0 Å². The molecule has 1 unspecified atom stereocenters. The smallest absolute Gasteiger partial charge is 0.251 e. The Morgan fingerprint density at radius 1 is 1.19 bits per heavy atom. The Bertz CT molecular complexity index is 763. The van der Waals surface area contributed by atoms with Crippen LogP contribution in [0.25, 0.3) is 11.4 Å². The molecule has 0 N–H and O–H groups in total. The summed E-state index contributed by atoms with van der Waals surface area (Å²) in [6.07, 6.45) is 0. The van der Waals surface area contributed by atoms with Crippen molar-refractivity contribution in [3.05, 3.63) is 52.6 Å². The minimum absolute atomic E-state index is 0.166. The predicted molar refractivity (Wildman–Crippen MR) is 80.3 cm³/mol. The average molecular weight is 303 g/mol. The summed E-state index contributed by atoms with van der Waals surface area (Å²) >= 11 is 6.18. The number of hydrogen-bond acceptors (Lipinski definition) is 4. The Labute approximate surface area is 127 Å². The third-order valence-electron chi connectivity index (χ3n) is 3.43.